The largest absolute Gasteiger partial charge is 0.478 e. The van der Waals surface area contributed by atoms with Gasteiger partial charge in [0.2, 0.25) is 0 Å². The third kappa shape index (κ3) is 2.31. The van der Waals surface area contributed by atoms with Gasteiger partial charge in [0, 0.05) is 19.8 Å². The Hall–Kier alpha value is -1.95. The maximum absolute atomic E-state index is 11.3. The van der Waals surface area contributed by atoms with E-state index in [1.54, 1.807) is 22.9 Å². The first kappa shape index (κ1) is 12.1. The van der Waals surface area contributed by atoms with Gasteiger partial charge in [0.05, 0.1) is 5.56 Å². The molecule has 0 bridgehead atoms. The molecule has 1 aliphatic heterocycles. The Kier molecular flexibility index (Phi) is 3.16. The Bertz CT molecular complexity index is 602. The number of aromatic nitrogens is 3. The lowest BCUT2D eigenvalue weighted by Gasteiger charge is -2.21. The topological polar surface area (TPSA) is 77.2 Å². The molecule has 0 unspecified atom stereocenters. The second-order valence-electron chi connectivity index (χ2n) is 4.81. The number of hydrogen-bond donors (Lipinski definition) is 1. The number of rotatable bonds is 3. The van der Waals surface area contributed by atoms with E-state index in [0.717, 1.165) is 26.1 Å². The Morgan fingerprint density at radius 3 is 2.95 bits per heavy atom. The molecule has 3 rings (SSSR count). The first-order chi connectivity index (χ1) is 9.25. The lowest BCUT2D eigenvalue weighted by Crippen LogP contribution is -2.21. The highest BCUT2D eigenvalue weighted by Crippen LogP contribution is 2.21. The summed E-state index contributed by atoms with van der Waals surface area (Å²) in [5, 5.41) is 17.4. The summed E-state index contributed by atoms with van der Waals surface area (Å²) in [6, 6.07) is 5.07. The van der Waals surface area contributed by atoms with Crippen LogP contribution in [0, 0.1) is 5.92 Å². The molecule has 100 valence electrons. The average Bonchev–Trinajstić information content (AvgIpc) is 2.83. The molecule has 0 amide bonds. The first-order valence-corrected chi connectivity index (χ1v) is 6.39. The number of carbonyl (C=O) groups is 1. The van der Waals surface area contributed by atoms with Crippen LogP contribution in [0.3, 0.4) is 0 Å². The zero-order chi connectivity index (χ0) is 13.2. The number of hydrogen-bond acceptors (Lipinski definition) is 4. The van der Waals surface area contributed by atoms with Gasteiger partial charge in [0.15, 0.2) is 0 Å². The maximum Gasteiger partial charge on any atom is 0.337 e. The molecule has 0 spiro atoms. The number of fused-ring (bicyclic) bond motifs is 1. The summed E-state index contributed by atoms with van der Waals surface area (Å²) in [7, 11) is 0. The van der Waals surface area contributed by atoms with Crippen LogP contribution in [0.15, 0.2) is 18.2 Å². The summed E-state index contributed by atoms with van der Waals surface area (Å²) in [6.07, 6.45) is 1.97. The van der Waals surface area contributed by atoms with E-state index < -0.39 is 5.97 Å². The summed E-state index contributed by atoms with van der Waals surface area (Å²) >= 11 is 0. The van der Waals surface area contributed by atoms with Crippen LogP contribution in [0.1, 0.15) is 23.2 Å². The predicted octanol–water partition coefficient (Wildman–Crippen LogP) is 1.56. The fraction of sp³-hybridized carbons (Fsp3) is 0.462. The number of carboxylic acids is 1. The molecule has 1 fully saturated rings. The van der Waals surface area contributed by atoms with Crippen molar-refractivity contribution in [2.75, 3.05) is 13.2 Å². The van der Waals surface area contributed by atoms with Crippen LogP contribution >= 0.6 is 0 Å². The molecule has 6 heteroatoms. The molecule has 1 saturated heterocycles. The highest BCUT2D eigenvalue weighted by molar-refractivity contribution is 6.00. The van der Waals surface area contributed by atoms with E-state index in [4.69, 9.17) is 4.74 Å². The standard InChI is InChI=1S/C13H15N3O3/c17-13(18)10-2-1-3-11-12(10)16(15-14-11)8-9-4-6-19-7-5-9/h1-3,9H,4-8H2,(H,17,18). The normalized spacial score (nSPS) is 16.8. The molecular formula is C13H15N3O3. The van der Waals surface area contributed by atoms with Crippen molar-refractivity contribution in [2.45, 2.75) is 19.4 Å². The van der Waals surface area contributed by atoms with E-state index in [2.05, 4.69) is 10.3 Å². The van der Waals surface area contributed by atoms with Gasteiger partial charge in [-0.1, -0.05) is 11.3 Å². The van der Waals surface area contributed by atoms with E-state index in [0.29, 0.717) is 23.5 Å². The van der Waals surface area contributed by atoms with E-state index in [1.165, 1.54) is 0 Å². The molecular weight excluding hydrogens is 246 g/mol. The molecule has 1 aromatic heterocycles. The number of aromatic carboxylic acids is 1. The van der Waals surface area contributed by atoms with Crippen LogP contribution in [0.2, 0.25) is 0 Å². The van der Waals surface area contributed by atoms with Crippen LogP contribution in [0.5, 0.6) is 0 Å². The second kappa shape index (κ2) is 4.97. The van der Waals surface area contributed by atoms with E-state index in [1.807, 2.05) is 0 Å². The van der Waals surface area contributed by atoms with Gasteiger partial charge in [-0.3, -0.25) is 0 Å². The van der Waals surface area contributed by atoms with Crippen LogP contribution in [0.4, 0.5) is 0 Å². The van der Waals surface area contributed by atoms with Crippen LogP contribution in [-0.4, -0.2) is 39.3 Å². The number of ether oxygens (including phenoxy) is 1. The highest BCUT2D eigenvalue weighted by Gasteiger charge is 2.19. The van der Waals surface area contributed by atoms with Crippen molar-refractivity contribution in [1.82, 2.24) is 15.0 Å². The van der Waals surface area contributed by atoms with Crippen molar-refractivity contribution in [3.8, 4) is 0 Å². The lowest BCUT2D eigenvalue weighted by molar-refractivity contribution is 0.0602. The van der Waals surface area contributed by atoms with Gasteiger partial charge in [-0.25, -0.2) is 9.48 Å². The number of benzene rings is 1. The Morgan fingerprint density at radius 1 is 1.42 bits per heavy atom. The second-order valence-corrected chi connectivity index (χ2v) is 4.81. The van der Waals surface area contributed by atoms with Gasteiger partial charge >= 0.3 is 5.97 Å². The molecule has 2 aromatic rings. The van der Waals surface area contributed by atoms with E-state index in [-0.39, 0.29) is 5.56 Å². The van der Waals surface area contributed by atoms with Crippen molar-refractivity contribution < 1.29 is 14.6 Å². The Balaban J connectivity index is 1.96. The highest BCUT2D eigenvalue weighted by atomic mass is 16.5. The zero-order valence-electron chi connectivity index (χ0n) is 10.5. The predicted molar refractivity (Wildman–Crippen MR) is 68.0 cm³/mol. The van der Waals surface area contributed by atoms with Gasteiger partial charge in [0.25, 0.3) is 0 Å². The maximum atomic E-state index is 11.3. The van der Waals surface area contributed by atoms with Gasteiger partial charge in [-0.15, -0.1) is 5.10 Å². The Morgan fingerprint density at radius 2 is 2.21 bits per heavy atom. The minimum Gasteiger partial charge on any atom is -0.478 e. The van der Waals surface area contributed by atoms with E-state index >= 15 is 0 Å². The van der Waals surface area contributed by atoms with Crippen LogP contribution < -0.4 is 0 Å². The summed E-state index contributed by atoms with van der Waals surface area (Å²) in [4.78, 5) is 11.3. The van der Waals surface area contributed by atoms with E-state index in [9.17, 15) is 9.90 Å². The molecule has 19 heavy (non-hydrogen) atoms. The number of carboxylic acid groups (broad SMARTS) is 1. The van der Waals surface area contributed by atoms with Gasteiger partial charge in [-0.2, -0.15) is 0 Å². The third-order valence-corrected chi connectivity index (χ3v) is 3.54. The average molecular weight is 261 g/mol. The molecule has 0 atom stereocenters. The van der Waals surface area contributed by atoms with Crippen molar-refractivity contribution in [3.63, 3.8) is 0 Å². The molecule has 0 radical (unpaired) electrons. The molecule has 1 aromatic carbocycles. The fourth-order valence-electron chi connectivity index (χ4n) is 2.50. The summed E-state index contributed by atoms with van der Waals surface area (Å²) < 4.78 is 7.05. The minimum absolute atomic E-state index is 0.259. The van der Waals surface area contributed by atoms with Crippen LogP contribution in [0.25, 0.3) is 11.0 Å². The van der Waals surface area contributed by atoms with Crippen LogP contribution in [-0.2, 0) is 11.3 Å². The molecule has 1 N–H and O–H groups in total. The number of para-hydroxylation sites is 1. The fourth-order valence-corrected chi connectivity index (χ4v) is 2.50. The minimum atomic E-state index is -0.943. The summed E-state index contributed by atoms with van der Waals surface area (Å²) in [6.45, 7) is 2.23. The monoisotopic (exact) mass is 261 g/mol. The third-order valence-electron chi connectivity index (χ3n) is 3.54. The molecule has 1 aliphatic rings. The van der Waals surface area contributed by atoms with Crippen molar-refractivity contribution in [1.29, 1.82) is 0 Å². The summed E-state index contributed by atoms with van der Waals surface area (Å²) in [5.74, 6) is -0.471. The van der Waals surface area contributed by atoms with Crippen molar-refractivity contribution in [2.24, 2.45) is 5.92 Å². The zero-order valence-corrected chi connectivity index (χ0v) is 10.5. The molecule has 0 saturated carbocycles. The molecule has 6 nitrogen and oxygen atoms in total. The first-order valence-electron chi connectivity index (χ1n) is 6.39. The quantitative estimate of drug-likeness (QED) is 0.907. The molecule has 0 aliphatic carbocycles. The van der Waals surface area contributed by atoms with Gasteiger partial charge in [-0.05, 0) is 30.9 Å². The number of nitrogens with zero attached hydrogens (tertiary/aromatic N) is 3. The van der Waals surface area contributed by atoms with Gasteiger partial charge in [0.1, 0.15) is 11.0 Å². The van der Waals surface area contributed by atoms with Crippen molar-refractivity contribution in [3.05, 3.63) is 23.8 Å². The molecule has 2 heterocycles. The lowest BCUT2D eigenvalue weighted by atomic mass is 10.0. The van der Waals surface area contributed by atoms with Gasteiger partial charge < -0.3 is 9.84 Å². The smallest absolute Gasteiger partial charge is 0.337 e. The van der Waals surface area contributed by atoms with Crippen molar-refractivity contribution >= 4 is 17.0 Å². The SMILES string of the molecule is O=C(O)c1cccc2nnn(CC3CCOCC3)c12. The summed E-state index contributed by atoms with van der Waals surface area (Å²) in [5.41, 5.74) is 1.50. The Labute approximate surface area is 110 Å².